The molecule has 0 aliphatic rings. The maximum atomic E-state index is 12.8. The number of benzene rings is 2. The minimum atomic E-state index is -0.236. The summed E-state index contributed by atoms with van der Waals surface area (Å²) in [5, 5.41) is 3.00. The van der Waals surface area contributed by atoms with Gasteiger partial charge < -0.3 is 5.32 Å². The van der Waals surface area contributed by atoms with Crippen LogP contribution in [0.3, 0.4) is 0 Å². The van der Waals surface area contributed by atoms with Crippen LogP contribution < -0.4 is 5.32 Å². The van der Waals surface area contributed by atoms with Crippen LogP contribution in [-0.4, -0.2) is 12.5 Å². The van der Waals surface area contributed by atoms with Gasteiger partial charge in [0.15, 0.2) is 0 Å². The van der Waals surface area contributed by atoms with E-state index >= 15 is 0 Å². The van der Waals surface area contributed by atoms with E-state index in [0.29, 0.717) is 13.0 Å². The van der Waals surface area contributed by atoms with Crippen LogP contribution in [0, 0.1) is 5.82 Å². The summed E-state index contributed by atoms with van der Waals surface area (Å²) in [6, 6.07) is 16.3. The van der Waals surface area contributed by atoms with Crippen molar-refractivity contribution in [2.75, 3.05) is 6.54 Å². The van der Waals surface area contributed by atoms with Gasteiger partial charge in [0.1, 0.15) is 5.82 Å². The first-order chi connectivity index (χ1) is 10.7. The molecule has 2 aromatic carbocycles. The molecule has 0 aliphatic heterocycles. The van der Waals surface area contributed by atoms with E-state index in [1.807, 2.05) is 30.3 Å². The first-order valence-corrected chi connectivity index (χ1v) is 7.77. The lowest BCUT2D eigenvalue weighted by Gasteiger charge is -2.16. The Balaban J connectivity index is 1.90. The van der Waals surface area contributed by atoms with E-state index in [1.54, 1.807) is 12.1 Å². The molecule has 0 heterocycles. The summed E-state index contributed by atoms with van der Waals surface area (Å²) >= 11 is 0. The first-order valence-electron chi connectivity index (χ1n) is 7.77. The normalized spacial score (nSPS) is 11.9. The molecule has 0 saturated carbocycles. The fourth-order valence-electron chi connectivity index (χ4n) is 2.53. The molecule has 22 heavy (non-hydrogen) atoms. The molecule has 1 unspecified atom stereocenters. The minimum Gasteiger partial charge on any atom is -0.355 e. The Morgan fingerprint density at radius 1 is 1.09 bits per heavy atom. The van der Waals surface area contributed by atoms with Gasteiger partial charge in [0.2, 0.25) is 5.91 Å². The molecule has 0 saturated heterocycles. The molecular formula is C19H22FNO. The van der Waals surface area contributed by atoms with E-state index in [2.05, 4.69) is 12.2 Å². The van der Waals surface area contributed by atoms with Crippen molar-refractivity contribution in [3.63, 3.8) is 0 Å². The third kappa shape index (κ3) is 4.69. The van der Waals surface area contributed by atoms with E-state index < -0.39 is 0 Å². The van der Waals surface area contributed by atoms with Gasteiger partial charge in [-0.2, -0.15) is 0 Å². The molecule has 0 aliphatic carbocycles. The molecule has 0 radical (unpaired) electrons. The zero-order valence-corrected chi connectivity index (χ0v) is 12.9. The zero-order chi connectivity index (χ0) is 15.8. The first kappa shape index (κ1) is 16.2. The number of carbonyl (C=O) groups excluding carboxylic acids is 1. The van der Waals surface area contributed by atoms with Crippen LogP contribution in [0.15, 0.2) is 54.6 Å². The lowest BCUT2D eigenvalue weighted by Crippen LogP contribution is -2.31. The summed E-state index contributed by atoms with van der Waals surface area (Å²) in [4.78, 5) is 12.4. The number of amides is 1. The van der Waals surface area contributed by atoms with Crippen molar-refractivity contribution >= 4 is 5.91 Å². The smallest absolute Gasteiger partial charge is 0.227 e. The van der Waals surface area contributed by atoms with E-state index in [0.717, 1.165) is 24.0 Å². The molecule has 0 aromatic heterocycles. The molecule has 116 valence electrons. The van der Waals surface area contributed by atoms with E-state index in [4.69, 9.17) is 0 Å². The lowest BCUT2D eigenvalue weighted by atomic mass is 9.93. The quantitative estimate of drug-likeness (QED) is 0.820. The second-order valence-corrected chi connectivity index (χ2v) is 5.42. The molecule has 1 atom stereocenters. The maximum absolute atomic E-state index is 12.8. The van der Waals surface area contributed by atoms with Crippen molar-refractivity contribution in [1.82, 2.24) is 5.32 Å². The highest BCUT2D eigenvalue weighted by atomic mass is 19.1. The fraction of sp³-hybridized carbons (Fsp3) is 0.316. The highest BCUT2D eigenvalue weighted by molar-refractivity contribution is 5.83. The van der Waals surface area contributed by atoms with Crippen LogP contribution in [-0.2, 0) is 11.2 Å². The molecule has 2 nitrogen and oxygen atoms in total. The SMILES string of the molecule is CCCC(C(=O)NCCc1ccc(F)cc1)c1ccccc1. The van der Waals surface area contributed by atoms with Crippen LogP contribution in [0.1, 0.15) is 36.8 Å². The van der Waals surface area contributed by atoms with Crippen molar-refractivity contribution in [2.45, 2.75) is 32.1 Å². The van der Waals surface area contributed by atoms with Crippen LogP contribution >= 0.6 is 0 Å². The molecule has 1 amide bonds. The molecular weight excluding hydrogens is 277 g/mol. The Morgan fingerprint density at radius 2 is 1.77 bits per heavy atom. The Morgan fingerprint density at radius 3 is 2.41 bits per heavy atom. The Kier molecular flexibility index (Phi) is 6.13. The number of halogens is 1. The molecule has 0 spiro atoms. The Bertz CT molecular complexity index is 580. The van der Waals surface area contributed by atoms with Crippen molar-refractivity contribution in [2.24, 2.45) is 0 Å². The van der Waals surface area contributed by atoms with Crippen molar-refractivity contribution in [1.29, 1.82) is 0 Å². The van der Waals surface area contributed by atoms with Crippen LogP contribution in [0.2, 0.25) is 0 Å². The van der Waals surface area contributed by atoms with Gasteiger partial charge in [-0.05, 0) is 36.1 Å². The average molecular weight is 299 g/mol. The second-order valence-electron chi connectivity index (χ2n) is 5.42. The number of rotatable bonds is 7. The van der Waals surface area contributed by atoms with Gasteiger partial charge in [-0.1, -0.05) is 55.8 Å². The molecule has 0 bridgehead atoms. The molecule has 2 aromatic rings. The minimum absolute atomic E-state index is 0.0650. The number of hydrogen-bond acceptors (Lipinski definition) is 1. The van der Waals surface area contributed by atoms with Gasteiger partial charge in [0.05, 0.1) is 5.92 Å². The van der Waals surface area contributed by atoms with Gasteiger partial charge in [-0.15, -0.1) is 0 Å². The highest BCUT2D eigenvalue weighted by Crippen LogP contribution is 2.21. The molecule has 0 fully saturated rings. The van der Waals surface area contributed by atoms with Gasteiger partial charge in [0, 0.05) is 6.54 Å². The highest BCUT2D eigenvalue weighted by Gasteiger charge is 2.18. The van der Waals surface area contributed by atoms with E-state index in [9.17, 15) is 9.18 Å². The molecule has 2 rings (SSSR count). The van der Waals surface area contributed by atoms with Crippen LogP contribution in [0.4, 0.5) is 4.39 Å². The van der Waals surface area contributed by atoms with Crippen molar-refractivity contribution < 1.29 is 9.18 Å². The summed E-state index contributed by atoms with van der Waals surface area (Å²) in [5.41, 5.74) is 2.08. The lowest BCUT2D eigenvalue weighted by molar-refractivity contribution is -0.122. The van der Waals surface area contributed by atoms with Crippen LogP contribution in [0.5, 0.6) is 0 Å². The Labute approximate surface area is 131 Å². The summed E-state index contributed by atoms with van der Waals surface area (Å²) in [5.74, 6) is -0.269. The maximum Gasteiger partial charge on any atom is 0.227 e. The van der Waals surface area contributed by atoms with Gasteiger partial charge in [0.25, 0.3) is 0 Å². The summed E-state index contributed by atoms with van der Waals surface area (Å²) in [7, 11) is 0. The van der Waals surface area contributed by atoms with Gasteiger partial charge in [-0.25, -0.2) is 4.39 Å². The predicted molar refractivity (Wildman–Crippen MR) is 87.2 cm³/mol. The van der Waals surface area contributed by atoms with Gasteiger partial charge >= 0.3 is 0 Å². The van der Waals surface area contributed by atoms with Crippen molar-refractivity contribution in [3.8, 4) is 0 Å². The van der Waals surface area contributed by atoms with E-state index in [1.165, 1.54) is 12.1 Å². The molecule has 3 heteroatoms. The standard InChI is InChI=1S/C19H22FNO/c1-2-6-18(16-7-4-3-5-8-16)19(22)21-14-13-15-9-11-17(20)12-10-15/h3-5,7-12,18H,2,6,13-14H2,1H3,(H,21,22). The topological polar surface area (TPSA) is 29.1 Å². The number of hydrogen-bond donors (Lipinski definition) is 1. The summed E-state index contributed by atoms with van der Waals surface area (Å²) < 4.78 is 12.8. The fourth-order valence-corrected chi connectivity index (χ4v) is 2.53. The Hall–Kier alpha value is -2.16. The predicted octanol–water partition coefficient (Wildman–Crippen LogP) is 4.07. The third-order valence-electron chi connectivity index (χ3n) is 3.72. The number of carbonyl (C=O) groups is 1. The monoisotopic (exact) mass is 299 g/mol. The third-order valence-corrected chi connectivity index (χ3v) is 3.72. The largest absolute Gasteiger partial charge is 0.355 e. The summed E-state index contributed by atoms with van der Waals surface area (Å²) in [6.45, 7) is 2.65. The van der Waals surface area contributed by atoms with Crippen LogP contribution in [0.25, 0.3) is 0 Å². The van der Waals surface area contributed by atoms with Crippen molar-refractivity contribution in [3.05, 3.63) is 71.5 Å². The average Bonchev–Trinajstić information content (AvgIpc) is 2.55. The van der Waals surface area contributed by atoms with Gasteiger partial charge in [-0.3, -0.25) is 4.79 Å². The second kappa shape index (κ2) is 8.32. The zero-order valence-electron chi connectivity index (χ0n) is 12.9. The summed E-state index contributed by atoms with van der Waals surface area (Å²) in [6.07, 6.45) is 2.51. The van der Waals surface area contributed by atoms with E-state index in [-0.39, 0.29) is 17.6 Å². The molecule has 1 N–H and O–H groups in total. The number of nitrogens with one attached hydrogen (secondary N) is 1.